The first kappa shape index (κ1) is 20.3. The lowest BCUT2D eigenvalue weighted by molar-refractivity contribution is -0.144. The lowest BCUT2D eigenvalue weighted by Crippen LogP contribution is -2.51. The Balaban J connectivity index is 1.27. The highest BCUT2D eigenvalue weighted by Gasteiger charge is 2.46. The van der Waals surface area contributed by atoms with E-state index in [-0.39, 0.29) is 31.6 Å². The Kier molecular flexibility index (Phi) is 5.16. The first-order valence-electron chi connectivity index (χ1n) is 10.3. The highest BCUT2D eigenvalue weighted by Crippen LogP contribution is 2.41. The number of ether oxygens (including phenoxy) is 2. The van der Waals surface area contributed by atoms with Crippen LogP contribution in [-0.2, 0) is 14.4 Å². The maximum absolute atomic E-state index is 12.8. The molecule has 3 aliphatic rings. The molecule has 2 saturated heterocycles. The number of amides is 2. The van der Waals surface area contributed by atoms with Crippen LogP contribution >= 0.6 is 0 Å². The average molecular weight is 438 g/mol. The van der Waals surface area contributed by atoms with Gasteiger partial charge < -0.3 is 24.9 Å². The average Bonchev–Trinajstić information content (AvgIpc) is 3.15. The Morgan fingerprint density at radius 3 is 2.69 bits per heavy atom. The monoisotopic (exact) mass is 438 g/mol. The highest BCUT2D eigenvalue weighted by molar-refractivity contribution is 5.98. The second-order valence-corrected chi connectivity index (χ2v) is 7.71. The van der Waals surface area contributed by atoms with Gasteiger partial charge in [-0.2, -0.15) is 0 Å². The Labute approximate surface area is 184 Å². The van der Waals surface area contributed by atoms with Crippen LogP contribution in [0, 0.1) is 0 Å². The molecule has 3 heterocycles. The van der Waals surface area contributed by atoms with E-state index < -0.39 is 18.2 Å². The number of carbonyl (C=O) groups is 3. The molecule has 0 bridgehead atoms. The SMILES string of the molecule is NC[C@@H]1OC(=O)N2c3ccc(N4CCN(OC(=O)c5ccccc5)CC4=O)cc3OC[C@@H]12. The summed E-state index contributed by atoms with van der Waals surface area (Å²) in [6, 6.07) is 13.6. The molecule has 2 amide bonds. The fourth-order valence-electron chi connectivity index (χ4n) is 4.14. The van der Waals surface area contributed by atoms with Gasteiger partial charge in [0.15, 0.2) is 0 Å². The molecular formula is C22H22N4O6. The predicted octanol–water partition coefficient (Wildman–Crippen LogP) is 1.15. The summed E-state index contributed by atoms with van der Waals surface area (Å²) >= 11 is 0. The van der Waals surface area contributed by atoms with Gasteiger partial charge in [0.25, 0.3) is 0 Å². The van der Waals surface area contributed by atoms with Gasteiger partial charge in [0.2, 0.25) is 5.91 Å². The number of cyclic esters (lactones) is 1. The van der Waals surface area contributed by atoms with Crippen LogP contribution in [0.15, 0.2) is 48.5 Å². The molecule has 10 heteroatoms. The van der Waals surface area contributed by atoms with Crippen LogP contribution < -0.4 is 20.3 Å². The van der Waals surface area contributed by atoms with Gasteiger partial charge in [0, 0.05) is 24.8 Å². The third-order valence-corrected chi connectivity index (χ3v) is 5.77. The Hall–Kier alpha value is -3.63. The molecule has 2 N–H and O–H groups in total. The van der Waals surface area contributed by atoms with Crippen LogP contribution in [-0.4, -0.2) is 68.0 Å². The molecule has 0 aliphatic carbocycles. The third kappa shape index (κ3) is 3.53. The Morgan fingerprint density at radius 2 is 1.94 bits per heavy atom. The zero-order valence-electron chi connectivity index (χ0n) is 17.2. The minimum atomic E-state index is -0.503. The van der Waals surface area contributed by atoms with Gasteiger partial charge in [-0.05, 0) is 24.3 Å². The normalized spacial score (nSPS) is 22.7. The van der Waals surface area contributed by atoms with Gasteiger partial charge in [-0.15, -0.1) is 5.06 Å². The number of hydroxylamine groups is 2. The van der Waals surface area contributed by atoms with E-state index in [1.54, 1.807) is 52.3 Å². The number of piperazine rings is 1. The number of benzene rings is 2. The summed E-state index contributed by atoms with van der Waals surface area (Å²) in [5, 5.41) is 1.36. The van der Waals surface area contributed by atoms with E-state index in [0.29, 0.717) is 35.8 Å². The summed E-state index contributed by atoms with van der Waals surface area (Å²) in [5.74, 6) is -0.217. The van der Waals surface area contributed by atoms with Crippen molar-refractivity contribution in [3.63, 3.8) is 0 Å². The molecule has 0 aromatic heterocycles. The van der Waals surface area contributed by atoms with Crippen molar-refractivity contribution in [2.24, 2.45) is 5.73 Å². The Bertz CT molecular complexity index is 1060. The molecule has 0 radical (unpaired) electrons. The van der Waals surface area contributed by atoms with Gasteiger partial charge in [0.05, 0.1) is 17.8 Å². The van der Waals surface area contributed by atoms with E-state index in [0.717, 1.165) is 0 Å². The number of carbonyl (C=O) groups excluding carboxylic acids is 3. The number of nitrogens with zero attached hydrogens (tertiary/aromatic N) is 3. The minimum absolute atomic E-state index is 0.0603. The van der Waals surface area contributed by atoms with Crippen LogP contribution in [0.5, 0.6) is 5.75 Å². The number of hydrogen-bond acceptors (Lipinski definition) is 8. The fraction of sp³-hybridized carbons (Fsp3) is 0.318. The molecule has 2 aromatic rings. The lowest BCUT2D eigenvalue weighted by atomic mass is 10.1. The van der Waals surface area contributed by atoms with Gasteiger partial charge >= 0.3 is 12.1 Å². The molecule has 3 aliphatic heterocycles. The molecule has 32 heavy (non-hydrogen) atoms. The van der Waals surface area contributed by atoms with Crippen molar-refractivity contribution in [3.8, 4) is 5.75 Å². The summed E-state index contributed by atoms with van der Waals surface area (Å²) in [7, 11) is 0. The summed E-state index contributed by atoms with van der Waals surface area (Å²) < 4.78 is 11.2. The van der Waals surface area contributed by atoms with E-state index in [1.807, 2.05) is 6.07 Å². The largest absolute Gasteiger partial charge is 0.489 e. The van der Waals surface area contributed by atoms with E-state index in [4.69, 9.17) is 20.0 Å². The number of rotatable bonds is 4. The van der Waals surface area contributed by atoms with Gasteiger partial charge in [-0.3, -0.25) is 9.69 Å². The second-order valence-electron chi connectivity index (χ2n) is 7.71. The standard InChI is InChI=1S/C22H22N4O6/c23-11-19-17-13-30-18-10-15(6-7-16(18)26(17)22(29)31-19)25-9-8-24(12-20(25)27)32-21(28)14-4-2-1-3-5-14/h1-7,10,17,19H,8-9,11-13,23H2/t17-,19-/m0/s1. The zero-order valence-corrected chi connectivity index (χ0v) is 17.2. The first-order valence-corrected chi connectivity index (χ1v) is 10.3. The van der Waals surface area contributed by atoms with Crippen molar-refractivity contribution < 1.29 is 28.7 Å². The molecule has 2 aromatic carbocycles. The number of fused-ring (bicyclic) bond motifs is 3. The first-order chi connectivity index (χ1) is 15.5. The summed E-state index contributed by atoms with van der Waals surface area (Å²) in [6.07, 6.45) is -0.865. The quantitative estimate of drug-likeness (QED) is 0.756. The molecule has 166 valence electrons. The van der Waals surface area contributed by atoms with Crippen LogP contribution in [0.1, 0.15) is 10.4 Å². The smallest absolute Gasteiger partial charge is 0.415 e. The van der Waals surface area contributed by atoms with Crippen LogP contribution in [0.2, 0.25) is 0 Å². The van der Waals surface area contributed by atoms with Crippen LogP contribution in [0.3, 0.4) is 0 Å². The van der Waals surface area contributed by atoms with Gasteiger partial charge in [0.1, 0.15) is 31.0 Å². The minimum Gasteiger partial charge on any atom is -0.489 e. The lowest BCUT2D eigenvalue weighted by Gasteiger charge is -2.35. The van der Waals surface area contributed by atoms with E-state index >= 15 is 0 Å². The van der Waals surface area contributed by atoms with E-state index in [9.17, 15) is 14.4 Å². The number of nitrogens with two attached hydrogens (primary N) is 1. The highest BCUT2D eigenvalue weighted by atomic mass is 16.7. The van der Waals surface area contributed by atoms with Crippen LogP contribution in [0.4, 0.5) is 16.2 Å². The second kappa shape index (κ2) is 8.13. The molecule has 0 spiro atoms. The summed E-state index contributed by atoms with van der Waals surface area (Å²) in [4.78, 5) is 45.8. The molecular weight excluding hydrogens is 416 g/mol. The molecule has 5 rings (SSSR count). The van der Waals surface area contributed by atoms with Crippen molar-refractivity contribution in [2.45, 2.75) is 12.1 Å². The molecule has 10 nitrogen and oxygen atoms in total. The maximum atomic E-state index is 12.8. The van der Waals surface area contributed by atoms with Crippen molar-refractivity contribution in [2.75, 3.05) is 42.6 Å². The maximum Gasteiger partial charge on any atom is 0.415 e. The van der Waals surface area contributed by atoms with E-state index in [2.05, 4.69) is 0 Å². The zero-order chi connectivity index (χ0) is 22.2. The summed E-state index contributed by atoms with van der Waals surface area (Å²) in [5.41, 5.74) is 7.35. The molecule has 2 atom stereocenters. The van der Waals surface area contributed by atoms with Crippen molar-refractivity contribution >= 4 is 29.3 Å². The molecule has 2 fully saturated rings. The number of hydrogen-bond donors (Lipinski definition) is 1. The fourth-order valence-corrected chi connectivity index (χ4v) is 4.14. The van der Waals surface area contributed by atoms with Gasteiger partial charge in [-0.25, -0.2) is 9.59 Å². The topological polar surface area (TPSA) is 115 Å². The van der Waals surface area contributed by atoms with Gasteiger partial charge in [-0.1, -0.05) is 18.2 Å². The number of anilines is 2. The Morgan fingerprint density at radius 1 is 1.12 bits per heavy atom. The third-order valence-electron chi connectivity index (χ3n) is 5.77. The predicted molar refractivity (Wildman–Crippen MR) is 113 cm³/mol. The van der Waals surface area contributed by atoms with Crippen molar-refractivity contribution in [1.82, 2.24) is 5.06 Å². The van der Waals surface area contributed by atoms with Crippen LogP contribution in [0.25, 0.3) is 0 Å². The molecule has 0 unspecified atom stereocenters. The summed E-state index contributed by atoms with van der Waals surface area (Å²) in [6.45, 7) is 1.12. The van der Waals surface area contributed by atoms with E-state index in [1.165, 1.54) is 5.06 Å². The van der Waals surface area contributed by atoms with Crippen molar-refractivity contribution in [3.05, 3.63) is 54.1 Å². The van der Waals surface area contributed by atoms with Crippen molar-refractivity contribution in [1.29, 1.82) is 0 Å². The molecule has 0 saturated carbocycles.